The molecule has 0 unspecified atom stereocenters. The van der Waals surface area contributed by atoms with Crippen molar-refractivity contribution < 1.29 is 21.6 Å². The topological polar surface area (TPSA) is 64.3 Å². The second-order valence-corrected chi connectivity index (χ2v) is 6.44. The molecule has 0 aliphatic rings. The summed E-state index contributed by atoms with van der Waals surface area (Å²) in [5.41, 5.74) is -1.69. The highest BCUT2D eigenvalue weighted by Gasteiger charge is 2.24. The summed E-state index contributed by atoms with van der Waals surface area (Å²) in [7, 11) is -4.14. The molecule has 0 N–H and O–H groups in total. The summed E-state index contributed by atoms with van der Waals surface area (Å²) >= 11 is 0. The Bertz CT molecular complexity index is 1020. The summed E-state index contributed by atoms with van der Waals surface area (Å²) in [5.74, 6) is -1.97. The van der Waals surface area contributed by atoms with Crippen molar-refractivity contribution in [2.75, 3.05) is 0 Å². The Morgan fingerprint density at radius 2 is 1.64 bits per heavy atom. The molecule has 0 amide bonds. The summed E-state index contributed by atoms with van der Waals surface area (Å²) in [6.45, 7) is 0. The Balaban J connectivity index is 2.33. The van der Waals surface area contributed by atoms with Gasteiger partial charge in [0, 0.05) is 11.5 Å². The largest absolute Gasteiger partial charge is 0.419 e. The lowest BCUT2D eigenvalue weighted by Gasteiger charge is -2.05. The molecular weight excluding hydrogens is 314 g/mol. The Morgan fingerprint density at radius 1 is 0.955 bits per heavy atom. The van der Waals surface area contributed by atoms with Crippen LogP contribution in [-0.2, 0) is 9.84 Å². The van der Waals surface area contributed by atoms with Crippen LogP contribution in [0.25, 0.3) is 11.0 Å². The molecule has 0 atom stereocenters. The van der Waals surface area contributed by atoms with Crippen molar-refractivity contribution in [3.05, 3.63) is 70.6 Å². The Morgan fingerprint density at radius 3 is 2.32 bits per heavy atom. The number of fused-ring (bicyclic) bond motifs is 1. The lowest BCUT2D eigenvalue weighted by molar-refractivity contribution is 0.500. The van der Waals surface area contributed by atoms with Gasteiger partial charge in [-0.05, 0) is 24.3 Å². The average Bonchev–Trinajstić information content (AvgIpc) is 2.48. The van der Waals surface area contributed by atoms with E-state index in [1.807, 2.05) is 0 Å². The van der Waals surface area contributed by atoms with Gasteiger partial charge >= 0.3 is 5.63 Å². The minimum atomic E-state index is -4.14. The third-order valence-electron chi connectivity index (χ3n) is 3.06. The molecule has 3 aromatic rings. The van der Waals surface area contributed by atoms with Crippen molar-refractivity contribution in [2.45, 2.75) is 9.79 Å². The van der Waals surface area contributed by atoms with Crippen LogP contribution in [0.1, 0.15) is 0 Å². The molecule has 4 nitrogen and oxygen atoms in total. The molecule has 22 heavy (non-hydrogen) atoms. The van der Waals surface area contributed by atoms with Crippen LogP contribution in [0.4, 0.5) is 8.78 Å². The van der Waals surface area contributed by atoms with Gasteiger partial charge in [0.2, 0.25) is 9.84 Å². The maximum absolute atomic E-state index is 13.6. The fourth-order valence-electron chi connectivity index (χ4n) is 2.05. The Kier molecular flexibility index (Phi) is 3.29. The molecule has 7 heteroatoms. The smallest absolute Gasteiger partial charge is 0.355 e. The van der Waals surface area contributed by atoms with E-state index in [1.165, 1.54) is 24.3 Å². The Hall–Kier alpha value is -2.54. The van der Waals surface area contributed by atoms with Crippen molar-refractivity contribution in [3.63, 3.8) is 0 Å². The number of halogens is 2. The monoisotopic (exact) mass is 322 g/mol. The molecule has 112 valence electrons. The maximum Gasteiger partial charge on any atom is 0.355 e. The van der Waals surface area contributed by atoms with Gasteiger partial charge in [0.15, 0.2) is 16.3 Å². The van der Waals surface area contributed by atoms with Gasteiger partial charge in [-0.25, -0.2) is 22.0 Å². The number of hydrogen-bond acceptors (Lipinski definition) is 4. The summed E-state index contributed by atoms with van der Waals surface area (Å²) in [6, 6.07) is 9.59. The molecule has 0 radical (unpaired) electrons. The summed E-state index contributed by atoms with van der Waals surface area (Å²) < 4.78 is 56.3. The third kappa shape index (κ3) is 2.29. The first-order valence-electron chi connectivity index (χ1n) is 6.12. The zero-order valence-corrected chi connectivity index (χ0v) is 11.7. The van der Waals surface area contributed by atoms with E-state index < -0.39 is 37.6 Å². The van der Waals surface area contributed by atoms with Gasteiger partial charge < -0.3 is 4.42 Å². The van der Waals surface area contributed by atoms with Crippen molar-refractivity contribution >= 4 is 20.8 Å². The number of sulfone groups is 1. The molecule has 0 aliphatic carbocycles. The molecule has 0 fully saturated rings. The molecule has 2 aromatic carbocycles. The standard InChI is InChI=1S/C15H8F2O4S/c16-10-6-9-7-13(15(18)21-14(9)12(17)8-10)22(19,20)11-4-2-1-3-5-11/h1-8H. The van der Waals surface area contributed by atoms with Gasteiger partial charge in [0.1, 0.15) is 5.82 Å². The first-order chi connectivity index (χ1) is 10.4. The van der Waals surface area contributed by atoms with Gasteiger partial charge in [-0.1, -0.05) is 18.2 Å². The number of benzene rings is 2. The maximum atomic E-state index is 13.6. The second kappa shape index (κ2) is 5.03. The van der Waals surface area contributed by atoms with Gasteiger partial charge in [-0.15, -0.1) is 0 Å². The van der Waals surface area contributed by atoms with Crippen LogP contribution in [0.5, 0.6) is 0 Å². The number of hydrogen-bond donors (Lipinski definition) is 0. The molecule has 0 spiro atoms. The zero-order valence-electron chi connectivity index (χ0n) is 10.9. The lowest BCUT2D eigenvalue weighted by atomic mass is 10.2. The minimum Gasteiger partial charge on any atom is -0.419 e. The summed E-state index contributed by atoms with van der Waals surface area (Å²) in [6.07, 6.45) is 0. The fourth-order valence-corrected chi connectivity index (χ4v) is 3.36. The van der Waals surface area contributed by atoms with Crippen LogP contribution in [0.2, 0.25) is 0 Å². The van der Waals surface area contributed by atoms with Crippen LogP contribution < -0.4 is 5.63 Å². The molecular formula is C15H8F2O4S. The van der Waals surface area contributed by atoms with Crippen LogP contribution >= 0.6 is 0 Å². The third-order valence-corrected chi connectivity index (χ3v) is 4.82. The highest BCUT2D eigenvalue weighted by atomic mass is 32.2. The van der Waals surface area contributed by atoms with E-state index in [0.29, 0.717) is 6.07 Å². The number of rotatable bonds is 2. The molecule has 0 bridgehead atoms. The predicted octanol–water partition coefficient (Wildman–Crippen LogP) is 2.90. The highest BCUT2D eigenvalue weighted by Crippen LogP contribution is 2.24. The van der Waals surface area contributed by atoms with E-state index in [9.17, 15) is 22.0 Å². The molecule has 0 saturated carbocycles. The summed E-state index contributed by atoms with van der Waals surface area (Å²) in [5, 5.41) is -0.147. The molecule has 0 aliphatic heterocycles. The van der Waals surface area contributed by atoms with Crippen molar-refractivity contribution in [1.82, 2.24) is 0 Å². The molecule has 1 heterocycles. The highest BCUT2D eigenvalue weighted by molar-refractivity contribution is 7.91. The fraction of sp³-hybridized carbons (Fsp3) is 0. The minimum absolute atomic E-state index is 0.112. The van der Waals surface area contributed by atoms with E-state index in [4.69, 9.17) is 4.42 Å². The normalized spacial score (nSPS) is 11.7. The molecule has 3 rings (SSSR count). The SMILES string of the molecule is O=c1oc2c(F)cc(F)cc2cc1S(=O)(=O)c1ccccc1. The first kappa shape index (κ1) is 14.4. The van der Waals surface area contributed by atoms with E-state index in [-0.39, 0.29) is 10.3 Å². The van der Waals surface area contributed by atoms with Gasteiger partial charge in [0.25, 0.3) is 0 Å². The van der Waals surface area contributed by atoms with Crippen molar-refractivity contribution in [2.24, 2.45) is 0 Å². The van der Waals surface area contributed by atoms with Crippen LogP contribution in [-0.4, -0.2) is 8.42 Å². The van der Waals surface area contributed by atoms with Crippen LogP contribution in [0.15, 0.2) is 67.5 Å². The molecule has 0 saturated heterocycles. The average molecular weight is 322 g/mol. The van der Waals surface area contributed by atoms with Gasteiger partial charge in [-0.3, -0.25) is 0 Å². The predicted molar refractivity (Wildman–Crippen MR) is 74.3 cm³/mol. The zero-order chi connectivity index (χ0) is 15.9. The van der Waals surface area contributed by atoms with E-state index in [0.717, 1.165) is 12.1 Å². The van der Waals surface area contributed by atoms with Crippen molar-refractivity contribution in [1.29, 1.82) is 0 Å². The van der Waals surface area contributed by atoms with Gasteiger partial charge in [-0.2, -0.15) is 0 Å². The van der Waals surface area contributed by atoms with E-state index >= 15 is 0 Å². The van der Waals surface area contributed by atoms with Crippen LogP contribution in [0.3, 0.4) is 0 Å². The quantitative estimate of drug-likeness (QED) is 0.681. The van der Waals surface area contributed by atoms with Crippen LogP contribution in [0, 0.1) is 11.6 Å². The molecule has 1 aromatic heterocycles. The van der Waals surface area contributed by atoms with Gasteiger partial charge in [0.05, 0.1) is 4.90 Å². The summed E-state index contributed by atoms with van der Waals surface area (Å²) in [4.78, 5) is 11.1. The van der Waals surface area contributed by atoms with E-state index in [2.05, 4.69) is 0 Å². The lowest BCUT2D eigenvalue weighted by Crippen LogP contribution is -2.14. The first-order valence-corrected chi connectivity index (χ1v) is 7.61. The Labute approximate surface area is 123 Å². The second-order valence-electron chi connectivity index (χ2n) is 4.52. The van der Waals surface area contributed by atoms with E-state index in [1.54, 1.807) is 6.07 Å². The van der Waals surface area contributed by atoms with Crippen molar-refractivity contribution in [3.8, 4) is 0 Å².